The van der Waals surface area contributed by atoms with Crippen molar-refractivity contribution in [1.29, 1.82) is 0 Å². The third-order valence-electron chi connectivity index (χ3n) is 2.81. The Bertz CT molecular complexity index is 335. The van der Waals surface area contributed by atoms with E-state index in [1.165, 1.54) is 18.2 Å². The molecule has 1 unspecified atom stereocenters. The van der Waals surface area contributed by atoms with Crippen molar-refractivity contribution < 1.29 is 8.78 Å². The molecule has 0 aromatic heterocycles. The molecular formula is C14H22F2N2. The van der Waals surface area contributed by atoms with E-state index in [9.17, 15) is 8.78 Å². The highest BCUT2D eigenvalue weighted by Gasteiger charge is 2.08. The van der Waals surface area contributed by atoms with E-state index in [0.717, 1.165) is 19.5 Å². The summed E-state index contributed by atoms with van der Waals surface area (Å²) in [4.78, 5) is 0. The number of benzene rings is 1. The van der Waals surface area contributed by atoms with E-state index in [-0.39, 0.29) is 5.56 Å². The molecule has 1 aromatic rings. The molecule has 0 saturated heterocycles. The molecule has 0 bridgehead atoms. The fraction of sp³-hybridized carbons (Fsp3) is 0.571. The minimum absolute atomic E-state index is 0.165. The molecule has 1 rings (SSSR count). The van der Waals surface area contributed by atoms with Crippen LogP contribution in [0.3, 0.4) is 0 Å². The smallest absolute Gasteiger partial charge is 0.129 e. The van der Waals surface area contributed by atoms with Crippen LogP contribution in [0.1, 0.15) is 25.8 Å². The summed E-state index contributed by atoms with van der Waals surface area (Å²) in [5.41, 5.74) is 0.165. The van der Waals surface area contributed by atoms with Crippen LogP contribution in [-0.2, 0) is 6.42 Å². The summed E-state index contributed by atoms with van der Waals surface area (Å²) in [5, 5.41) is 6.54. The Labute approximate surface area is 108 Å². The van der Waals surface area contributed by atoms with Crippen molar-refractivity contribution in [2.45, 2.75) is 32.7 Å². The van der Waals surface area contributed by atoms with Gasteiger partial charge in [-0.2, -0.15) is 0 Å². The quantitative estimate of drug-likeness (QED) is 0.698. The minimum Gasteiger partial charge on any atom is -0.315 e. The normalized spacial score (nSPS) is 12.7. The van der Waals surface area contributed by atoms with Gasteiger partial charge in [0.1, 0.15) is 11.6 Å². The zero-order chi connectivity index (χ0) is 13.4. The first-order valence-corrected chi connectivity index (χ1v) is 6.52. The maximum Gasteiger partial charge on any atom is 0.129 e. The monoisotopic (exact) mass is 256 g/mol. The van der Waals surface area contributed by atoms with E-state index in [0.29, 0.717) is 19.0 Å². The van der Waals surface area contributed by atoms with Gasteiger partial charge in [-0.3, -0.25) is 0 Å². The van der Waals surface area contributed by atoms with Gasteiger partial charge in [0.05, 0.1) is 0 Å². The third-order valence-corrected chi connectivity index (χ3v) is 2.81. The summed E-state index contributed by atoms with van der Waals surface area (Å²) in [6.07, 6.45) is 1.48. The molecule has 18 heavy (non-hydrogen) atoms. The molecule has 0 radical (unpaired) electrons. The molecular weight excluding hydrogens is 234 g/mol. The maximum atomic E-state index is 13.3. The molecule has 0 aliphatic carbocycles. The van der Waals surface area contributed by atoms with Gasteiger partial charge in [0.15, 0.2) is 0 Å². The lowest BCUT2D eigenvalue weighted by Crippen LogP contribution is -2.37. The molecule has 4 heteroatoms. The lowest BCUT2D eigenvalue weighted by molar-refractivity contribution is 0.492. The fourth-order valence-corrected chi connectivity index (χ4v) is 1.78. The molecule has 0 spiro atoms. The molecule has 0 aliphatic heterocycles. The molecule has 1 aromatic carbocycles. The van der Waals surface area contributed by atoms with Crippen molar-refractivity contribution >= 4 is 0 Å². The van der Waals surface area contributed by atoms with Gasteiger partial charge in [-0.15, -0.1) is 0 Å². The van der Waals surface area contributed by atoms with Crippen LogP contribution in [0.2, 0.25) is 0 Å². The molecule has 2 nitrogen and oxygen atoms in total. The number of hydrogen-bond acceptors (Lipinski definition) is 2. The summed E-state index contributed by atoms with van der Waals surface area (Å²) < 4.78 is 26.7. The van der Waals surface area contributed by atoms with E-state index >= 15 is 0 Å². The second-order valence-electron chi connectivity index (χ2n) is 4.51. The van der Waals surface area contributed by atoms with Crippen LogP contribution >= 0.6 is 0 Å². The Hall–Kier alpha value is -1.00. The lowest BCUT2D eigenvalue weighted by Gasteiger charge is -2.14. The maximum absolute atomic E-state index is 13.3. The first kappa shape index (κ1) is 15.1. The predicted molar refractivity (Wildman–Crippen MR) is 70.7 cm³/mol. The summed E-state index contributed by atoms with van der Waals surface area (Å²) >= 11 is 0. The van der Waals surface area contributed by atoms with Gasteiger partial charge in [0.25, 0.3) is 0 Å². The van der Waals surface area contributed by atoms with Gasteiger partial charge < -0.3 is 10.6 Å². The van der Waals surface area contributed by atoms with Crippen molar-refractivity contribution in [3.8, 4) is 0 Å². The van der Waals surface area contributed by atoms with E-state index in [1.54, 1.807) is 0 Å². The molecule has 1 atom stereocenters. The SMILES string of the molecule is CCCNCC(C)NCCc1c(F)cccc1F. The van der Waals surface area contributed by atoms with Crippen molar-refractivity contribution in [2.24, 2.45) is 0 Å². The van der Waals surface area contributed by atoms with Gasteiger partial charge >= 0.3 is 0 Å². The molecule has 0 amide bonds. The van der Waals surface area contributed by atoms with Gasteiger partial charge in [0, 0.05) is 18.2 Å². The largest absolute Gasteiger partial charge is 0.315 e. The molecule has 0 heterocycles. The van der Waals surface area contributed by atoms with Crippen molar-refractivity contribution in [3.63, 3.8) is 0 Å². The average Bonchev–Trinajstić information content (AvgIpc) is 2.33. The first-order valence-electron chi connectivity index (χ1n) is 6.52. The topological polar surface area (TPSA) is 24.1 Å². The Morgan fingerprint density at radius 3 is 2.44 bits per heavy atom. The highest BCUT2D eigenvalue weighted by molar-refractivity contribution is 5.19. The van der Waals surface area contributed by atoms with Crippen LogP contribution in [0.4, 0.5) is 8.78 Å². The van der Waals surface area contributed by atoms with Crippen LogP contribution in [0.15, 0.2) is 18.2 Å². The zero-order valence-electron chi connectivity index (χ0n) is 11.1. The summed E-state index contributed by atoms with van der Waals surface area (Å²) in [7, 11) is 0. The van der Waals surface area contributed by atoms with Gasteiger partial charge in [-0.25, -0.2) is 8.78 Å². The van der Waals surface area contributed by atoms with E-state index < -0.39 is 11.6 Å². The first-order chi connectivity index (χ1) is 8.65. The van der Waals surface area contributed by atoms with Crippen LogP contribution in [0.5, 0.6) is 0 Å². The molecule has 0 aliphatic rings. The Morgan fingerprint density at radius 2 is 1.83 bits per heavy atom. The van der Waals surface area contributed by atoms with Gasteiger partial charge in [0.2, 0.25) is 0 Å². The number of nitrogens with one attached hydrogen (secondary N) is 2. The molecule has 0 saturated carbocycles. The number of rotatable bonds is 8. The highest BCUT2D eigenvalue weighted by Crippen LogP contribution is 2.11. The fourth-order valence-electron chi connectivity index (χ4n) is 1.78. The van der Waals surface area contributed by atoms with Crippen molar-refractivity contribution in [3.05, 3.63) is 35.4 Å². The van der Waals surface area contributed by atoms with Crippen LogP contribution in [-0.4, -0.2) is 25.7 Å². The average molecular weight is 256 g/mol. The standard InChI is InChI=1S/C14H22F2N2/c1-3-8-17-10-11(2)18-9-7-12-13(15)5-4-6-14(12)16/h4-6,11,17-18H,3,7-10H2,1-2H3. The van der Waals surface area contributed by atoms with Crippen molar-refractivity contribution in [1.82, 2.24) is 10.6 Å². The Morgan fingerprint density at radius 1 is 1.17 bits per heavy atom. The molecule has 2 N–H and O–H groups in total. The van der Waals surface area contributed by atoms with E-state index in [2.05, 4.69) is 24.5 Å². The van der Waals surface area contributed by atoms with Gasteiger partial charge in [-0.1, -0.05) is 13.0 Å². The third kappa shape index (κ3) is 5.10. The van der Waals surface area contributed by atoms with E-state index in [1.807, 2.05) is 0 Å². The molecule has 102 valence electrons. The van der Waals surface area contributed by atoms with Crippen LogP contribution in [0, 0.1) is 11.6 Å². The predicted octanol–water partition coefficient (Wildman–Crippen LogP) is 2.49. The number of hydrogen-bond donors (Lipinski definition) is 2. The summed E-state index contributed by atoms with van der Waals surface area (Å²) in [6.45, 7) is 6.61. The zero-order valence-corrected chi connectivity index (χ0v) is 11.1. The summed E-state index contributed by atoms with van der Waals surface area (Å²) in [6, 6.07) is 4.28. The van der Waals surface area contributed by atoms with Crippen molar-refractivity contribution in [2.75, 3.05) is 19.6 Å². The highest BCUT2D eigenvalue weighted by atomic mass is 19.1. The molecule has 0 fully saturated rings. The van der Waals surface area contributed by atoms with E-state index in [4.69, 9.17) is 0 Å². The summed E-state index contributed by atoms with van der Waals surface area (Å²) in [5.74, 6) is -0.929. The number of halogens is 2. The second-order valence-corrected chi connectivity index (χ2v) is 4.51. The van der Waals surface area contributed by atoms with Crippen LogP contribution in [0.25, 0.3) is 0 Å². The van der Waals surface area contributed by atoms with Gasteiger partial charge in [-0.05, 0) is 45.0 Å². The lowest BCUT2D eigenvalue weighted by atomic mass is 10.1. The Balaban J connectivity index is 2.29. The minimum atomic E-state index is -0.464. The second kappa shape index (κ2) is 8.16. The Kier molecular flexibility index (Phi) is 6.83. The van der Waals surface area contributed by atoms with Crippen LogP contribution < -0.4 is 10.6 Å².